The van der Waals surface area contributed by atoms with Crippen molar-refractivity contribution in [3.8, 4) is 0 Å². The van der Waals surface area contributed by atoms with E-state index >= 15 is 0 Å². The van der Waals surface area contributed by atoms with Crippen LogP contribution in [0.2, 0.25) is 0 Å². The first-order valence-electron chi connectivity index (χ1n) is 19.9. The summed E-state index contributed by atoms with van der Waals surface area (Å²) in [6, 6.07) is 21.8. The van der Waals surface area contributed by atoms with Crippen LogP contribution in [0.4, 0.5) is 0 Å². The van der Waals surface area contributed by atoms with Crippen molar-refractivity contribution in [2.75, 3.05) is 41.3 Å². The summed E-state index contributed by atoms with van der Waals surface area (Å²) in [5.41, 5.74) is 3.00. The van der Waals surface area contributed by atoms with Crippen LogP contribution in [0.5, 0.6) is 0 Å². The van der Waals surface area contributed by atoms with Crippen LogP contribution in [0.1, 0.15) is 152 Å². The number of quaternary nitrogens is 2. The molecular weight excluding hydrogens is 629 g/mol. The van der Waals surface area contributed by atoms with E-state index in [0.717, 1.165) is 0 Å². The third-order valence-corrected chi connectivity index (χ3v) is 8.97. The van der Waals surface area contributed by atoms with Gasteiger partial charge in [-0.15, -0.1) is 0 Å². The lowest BCUT2D eigenvalue weighted by Gasteiger charge is -2.06. The van der Waals surface area contributed by atoms with E-state index in [-0.39, 0.29) is 0 Å². The van der Waals surface area contributed by atoms with E-state index in [4.69, 9.17) is 17.5 Å². The maximum atomic E-state index is 8.52. The van der Waals surface area contributed by atoms with Gasteiger partial charge >= 0.3 is 0 Å². The molecule has 0 saturated heterocycles. The van der Waals surface area contributed by atoms with Gasteiger partial charge in [-0.1, -0.05) is 163 Å². The molecule has 49 heavy (non-hydrogen) atoms. The molecule has 284 valence electrons. The largest absolute Gasteiger partial charge is 0.759 e. The highest BCUT2D eigenvalue weighted by molar-refractivity contribution is 7.79. The Morgan fingerprint density at radius 3 is 0.816 bits per heavy atom. The molecule has 0 aromatic heterocycles. The monoisotopic (exact) mass is 705 g/mol. The van der Waals surface area contributed by atoms with Crippen molar-refractivity contribution < 1.29 is 27.3 Å². The van der Waals surface area contributed by atoms with E-state index < -0.39 is 10.4 Å². The minimum atomic E-state index is -5.17. The third kappa shape index (κ3) is 42.3. The average Bonchev–Trinajstić information content (AvgIpc) is 3.05. The first-order valence-corrected chi connectivity index (χ1v) is 21.2. The van der Waals surface area contributed by atoms with Crippen molar-refractivity contribution in [2.45, 2.75) is 154 Å². The molecule has 0 atom stereocenters. The Morgan fingerprint density at radius 1 is 0.388 bits per heavy atom. The first kappa shape index (κ1) is 47.2. The molecular formula is C42H76N2O4S. The minimum Gasteiger partial charge on any atom is -0.759 e. The minimum absolute atomic E-state index is 1.26. The molecule has 0 spiro atoms. The Hall–Kier alpha value is -1.77. The number of hydrogen-bond acceptors (Lipinski definition) is 4. The molecule has 0 aliphatic carbocycles. The predicted octanol–water partition coefficient (Wildman–Crippen LogP) is 7.99. The summed E-state index contributed by atoms with van der Waals surface area (Å²) in [6.45, 7) is 2.67. The van der Waals surface area contributed by atoms with Crippen molar-refractivity contribution >= 4 is 10.4 Å². The second kappa shape index (κ2) is 34.7. The molecule has 6 nitrogen and oxygen atoms in total. The molecule has 0 aliphatic heterocycles. The van der Waals surface area contributed by atoms with Crippen LogP contribution in [0.15, 0.2) is 60.7 Å². The SMILES string of the molecule is C[NH+](C)CCCCCCCCCCCCCc1ccccc1.C[NH+](C)CCCCCCCCCCCCCc1ccccc1.O=S(=O)([O-])[O-]. The number of unbranched alkanes of at least 4 members (excludes halogenated alkanes) is 20. The second-order valence-electron chi connectivity index (χ2n) is 14.6. The molecule has 2 aromatic rings. The second-order valence-corrected chi connectivity index (χ2v) is 15.4. The van der Waals surface area contributed by atoms with Crippen LogP contribution < -0.4 is 9.80 Å². The van der Waals surface area contributed by atoms with Gasteiger partial charge in [0.1, 0.15) is 0 Å². The van der Waals surface area contributed by atoms with Crippen molar-refractivity contribution in [1.82, 2.24) is 0 Å². The van der Waals surface area contributed by atoms with Gasteiger partial charge in [-0.3, -0.25) is 8.42 Å². The van der Waals surface area contributed by atoms with Crippen LogP contribution in [0.3, 0.4) is 0 Å². The number of nitrogens with one attached hydrogen (secondary N) is 2. The quantitative estimate of drug-likeness (QED) is 0.0534. The summed E-state index contributed by atoms with van der Waals surface area (Å²) in [6.07, 6.45) is 34.0. The highest BCUT2D eigenvalue weighted by atomic mass is 32.3. The van der Waals surface area contributed by atoms with Gasteiger partial charge < -0.3 is 18.9 Å². The predicted molar refractivity (Wildman–Crippen MR) is 208 cm³/mol. The van der Waals surface area contributed by atoms with Gasteiger partial charge in [0.05, 0.1) is 41.3 Å². The lowest BCUT2D eigenvalue weighted by atomic mass is 10.0. The molecule has 0 radical (unpaired) electrons. The van der Waals surface area contributed by atoms with E-state index in [1.165, 1.54) is 178 Å². The Kier molecular flexibility index (Phi) is 33.4. The van der Waals surface area contributed by atoms with E-state index in [9.17, 15) is 0 Å². The molecule has 0 amide bonds. The zero-order chi connectivity index (χ0) is 36.3. The van der Waals surface area contributed by atoms with Gasteiger partial charge in [0.15, 0.2) is 0 Å². The Balaban J connectivity index is 0.000000826. The number of benzene rings is 2. The Bertz CT molecular complexity index is 956. The fourth-order valence-corrected chi connectivity index (χ4v) is 6.09. The van der Waals surface area contributed by atoms with E-state index in [2.05, 4.69) is 88.9 Å². The van der Waals surface area contributed by atoms with Crippen molar-refractivity contribution in [3.05, 3.63) is 71.8 Å². The fraction of sp³-hybridized carbons (Fsp3) is 0.714. The normalized spacial score (nSPS) is 11.3. The van der Waals surface area contributed by atoms with E-state index in [1.807, 2.05) is 0 Å². The summed E-state index contributed by atoms with van der Waals surface area (Å²) in [5.74, 6) is 0. The summed E-state index contributed by atoms with van der Waals surface area (Å²) in [4.78, 5) is 3.18. The molecule has 0 aliphatic rings. The van der Waals surface area contributed by atoms with Gasteiger partial charge in [0.25, 0.3) is 0 Å². The summed E-state index contributed by atoms with van der Waals surface area (Å²) >= 11 is 0. The lowest BCUT2D eigenvalue weighted by Crippen LogP contribution is -3.05. The molecule has 2 aromatic carbocycles. The van der Waals surface area contributed by atoms with Crippen molar-refractivity contribution in [1.29, 1.82) is 0 Å². The van der Waals surface area contributed by atoms with Gasteiger partial charge in [0, 0.05) is 10.4 Å². The standard InChI is InChI=1S/2C21H37N.H2O4S/c2*1-22(2)20-16-11-9-7-5-3-4-6-8-10-13-17-21-18-14-12-15-19-21;1-5(2,3)4/h2*12,14-15,18-19H,3-11,13,16-17,20H2,1-2H3;(H2,1,2,3,4). The summed E-state index contributed by atoms with van der Waals surface area (Å²) in [7, 11) is 3.83. The first-order chi connectivity index (χ1) is 23.6. The molecule has 0 saturated carbocycles. The summed E-state index contributed by atoms with van der Waals surface area (Å²) in [5, 5.41) is 0. The van der Waals surface area contributed by atoms with Crippen LogP contribution in [-0.2, 0) is 23.2 Å². The van der Waals surface area contributed by atoms with Crippen LogP contribution in [-0.4, -0.2) is 58.8 Å². The van der Waals surface area contributed by atoms with Gasteiger partial charge in [0.2, 0.25) is 0 Å². The Labute approximate surface area is 304 Å². The van der Waals surface area contributed by atoms with Crippen molar-refractivity contribution in [2.24, 2.45) is 0 Å². The number of rotatable bonds is 28. The lowest BCUT2D eigenvalue weighted by molar-refractivity contribution is -0.858. The van der Waals surface area contributed by atoms with Gasteiger partial charge in [-0.2, -0.15) is 0 Å². The van der Waals surface area contributed by atoms with E-state index in [0.29, 0.717) is 0 Å². The highest BCUT2D eigenvalue weighted by Gasteiger charge is 1.98. The zero-order valence-corrected chi connectivity index (χ0v) is 33.0. The van der Waals surface area contributed by atoms with Gasteiger partial charge in [-0.05, 0) is 62.5 Å². The third-order valence-electron chi connectivity index (χ3n) is 8.97. The smallest absolute Gasteiger partial charge is 0.0766 e. The van der Waals surface area contributed by atoms with Crippen LogP contribution >= 0.6 is 0 Å². The Morgan fingerprint density at radius 2 is 0.592 bits per heavy atom. The topological polar surface area (TPSA) is 89.1 Å². The molecule has 2 N–H and O–H groups in total. The fourth-order valence-electron chi connectivity index (χ4n) is 6.09. The molecule has 2 rings (SSSR count). The maximum absolute atomic E-state index is 8.52. The highest BCUT2D eigenvalue weighted by Crippen LogP contribution is 2.14. The van der Waals surface area contributed by atoms with E-state index in [1.54, 1.807) is 9.80 Å². The van der Waals surface area contributed by atoms with Crippen LogP contribution in [0.25, 0.3) is 0 Å². The number of hydrogen-bond donors (Lipinski definition) is 2. The van der Waals surface area contributed by atoms with Crippen LogP contribution in [0, 0.1) is 0 Å². The number of aryl methyl sites for hydroxylation is 2. The maximum Gasteiger partial charge on any atom is 0.0766 e. The zero-order valence-electron chi connectivity index (χ0n) is 32.2. The molecule has 0 heterocycles. The van der Waals surface area contributed by atoms with Gasteiger partial charge in [-0.25, -0.2) is 0 Å². The summed E-state index contributed by atoms with van der Waals surface area (Å²) < 4.78 is 34.1. The molecule has 0 fully saturated rings. The average molecular weight is 705 g/mol. The molecule has 0 bridgehead atoms. The molecule has 7 heteroatoms. The molecule has 0 unspecified atom stereocenters. The van der Waals surface area contributed by atoms with Crippen molar-refractivity contribution in [3.63, 3.8) is 0 Å².